The monoisotopic (exact) mass is 296 g/mol. The normalized spacial score (nSPS) is 11.2. The molecule has 0 aliphatic heterocycles. The summed E-state index contributed by atoms with van der Waals surface area (Å²) in [5, 5.41) is 16.0. The summed E-state index contributed by atoms with van der Waals surface area (Å²) in [7, 11) is 0. The first-order chi connectivity index (χ1) is 9.71. The Morgan fingerprint density at radius 2 is 1.67 bits per heavy atom. The fraction of sp³-hybridized carbons (Fsp3) is 0.0667. The van der Waals surface area contributed by atoms with Gasteiger partial charge in [0.25, 0.3) is 0 Å². The fourth-order valence-electron chi connectivity index (χ4n) is 0.691. The lowest BCUT2D eigenvalue weighted by Crippen LogP contribution is -1.99. The lowest BCUT2D eigenvalue weighted by Gasteiger charge is -1.96. The molecule has 0 atom stereocenters. The van der Waals surface area contributed by atoms with E-state index in [4.69, 9.17) is 10.5 Å². The van der Waals surface area contributed by atoms with Crippen LogP contribution in [0.4, 0.5) is 17.6 Å². The fourth-order valence-corrected chi connectivity index (χ4v) is 0.691. The van der Waals surface area contributed by atoms with Crippen LogP contribution < -0.4 is 0 Å². The van der Waals surface area contributed by atoms with Gasteiger partial charge in [-0.1, -0.05) is 31.9 Å². The van der Waals surface area contributed by atoms with E-state index < -0.39 is 6.18 Å². The maximum atomic E-state index is 12.2. The van der Waals surface area contributed by atoms with Crippen molar-refractivity contribution < 1.29 is 17.6 Å². The average molecular weight is 296 g/mol. The molecule has 0 bridgehead atoms. The zero-order chi connectivity index (χ0) is 16.9. The van der Waals surface area contributed by atoms with Crippen LogP contribution in [0.5, 0.6) is 0 Å². The molecule has 0 unspecified atom stereocenters. The van der Waals surface area contributed by atoms with Gasteiger partial charge in [0.15, 0.2) is 0 Å². The minimum atomic E-state index is -4.35. The third-order valence-corrected chi connectivity index (χ3v) is 1.69. The standard InChI is InChI=1S/C11H10FN.C4H2F3N/c1-4-10(3)11(7-12)6-5-9(2)8-13;5-4(6,7)2-1-3-8/h4-7H,1-3H2;1-2H/b6-5-,11-7-;2-1-. The SMILES string of the molecule is C=CC(=C)C(/C=C\C(=C)C#N)=C\F.N#C/C=C\C(F)(F)F. The summed E-state index contributed by atoms with van der Waals surface area (Å²) >= 11 is 0. The zero-order valence-corrected chi connectivity index (χ0v) is 11.0. The number of alkyl halides is 3. The minimum Gasteiger partial charge on any atom is -0.215 e. The van der Waals surface area contributed by atoms with Gasteiger partial charge in [0, 0.05) is 23.3 Å². The van der Waals surface area contributed by atoms with E-state index in [1.807, 2.05) is 6.07 Å². The topological polar surface area (TPSA) is 47.6 Å². The number of halogens is 4. The Kier molecular flexibility index (Phi) is 10.7. The lowest BCUT2D eigenvalue weighted by atomic mass is 10.1. The second-order valence-electron chi connectivity index (χ2n) is 3.27. The van der Waals surface area contributed by atoms with Crippen LogP contribution in [0.25, 0.3) is 0 Å². The van der Waals surface area contributed by atoms with E-state index in [-0.39, 0.29) is 17.2 Å². The highest BCUT2D eigenvalue weighted by molar-refractivity contribution is 5.45. The molecule has 0 heterocycles. The third-order valence-electron chi connectivity index (χ3n) is 1.69. The Bertz CT molecular complexity index is 550. The maximum absolute atomic E-state index is 12.2. The summed E-state index contributed by atoms with van der Waals surface area (Å²) in [5.74, 6) is 0. The molecule has 6 heteroatoms. The van der Waals surface area contributed by atoms with E-state index >= 15 is 0 Å². The molecule has 0 aliphatic carbocycles. The van der Waals surface area contributed by atoms with Gasteiger partial charge in [0.2, 0.25) is 0 Å². The van der Waals surface area contributed by atoms with E-state index in [9.17, 15) is 17.6 Å². The number of nitriles is 2. The second kappa shape index (κ2) is 11.0. The van der Waals surface area contributed by atoms with Gasteiger partial charge in [-0.2, -0.15) is 23.7 Å². The van der Waals surface area contributed by atoms with Gasteiger partial charge >= 0.3 is 6.18 Å². The Morgan fingerprint density at radius 1 is 1.10 bits per heavy atom. The highest BCUT2D eigenvalue weighted by Gasteiger charge is 2.21. The highest BCUT2D eigenvalue weighted by Crippen LogP contribution is 2.15. The van der Waals surface area contributed by atoms with Crippen molar-refractivity contribution in [3.63, 3.8) is 0 Å². The maximum Gasteiger partial charge on any atom is 0.410 e. The van der Waals surface area contributed by atoms with Gasteiger partial charge in [-0.3, -0.25) is 0 Å². The molecule has 0 radical (unpaired) electrons. The quantitative estimate of drug-likeness (QED) is 0.423. The predicted octanol–water partition coefficient (Wildman–Crippen LogP) is 4.85. The van der Waals surface area contributed by atoms with E-state index in [1.54, 1.807) is 0 Å². The molecule has 0 N–H and O–H groups in total. The summed E-state index contributed by atoms with van der Waals surface area (Å²) in [6.07, 6.45) is 0.606. The van der Waals surface area contributed by atoms with Crippen molar-refractivity contribution in [2.75, 3.05) is 0 Å². The number of allylic oxidation sites excluding steroid dienone is 8. The number of hydrogen-bond donors (Lipinski definition) is 0. The van der Waals surface area contributed by atoms with Gasteiger partial charge in [-0.15, -0.1) is 0 Å². The van der Waals surface area contributed by atoms with Crippen LogP contribution in [0.2, 0.25) is 0 Å². The van der Waals surface area contributed by atoms with Crippen LogP contribution in [0.15, 0.2) is 73.2 Å². The van der Waals surface area contributed by atoms with Gasteiger partial charge < -0.3 is 0 Å². The first kappa shape index (κ1) is 20.5. The first-order valence-corrected chi connectivity index (χ1v) is 5.25. The Labute approximate surface area is 120 Å². The molecule has 0 aliphatic rings. The van der Waals surface area contributed by atoms with Crippen molar-refractivity contribution in [2.45, 2.75) is 6.18 Å². The Balaban J connectivity index is 0. The van der Waals surface area contributed by atoms with Crippen molar-refractivity contribution in [3.05, 3.63) is 73.2 Å². The van der Waals surface area contributed by atoms with E-state index in [2.05, 4.69) is 19.7 Å². The van der Waals surface area contributed by atoms with Crippen LogP contribution in [0.1, 0.15) is 0 Å². The first-order valence-electron chi connectivity index (χ1n) is 5.25. The van der Waals surface area contributed by atoms with E-state index in [1.165, 1.54) is 24.3 Å². The van der Waals surface area contributed by atoms with Crippen LogP contribution in [0, 0.1) is 22.7 Å². The number of nitrogens with zero attached hydrogens (tertiary/aromatic N) is 2. The second-order valence-corrected chi connectivity index (χ2v) is 3.27. The summed E-state index contributed by atoms with van der Waals surface area (Å²) in [4.78, 5) is 0. The molecule has 0 spiro atoms. The predicted molar refractivity (Wildman–Crippen MR) is 73.2 cm³/mol. The molecule has 0 aromatic carbocycles. The summed E-state index contributed by atoms with van der Waals surface area (Å²) in [6.45, 7) is 10.4. The average Bonchev–Trinajstić information content (AvgIpc) is 2.44. The largest absolute Gasteiger partial charge is 0.410 e. The molecule has 0 amide bonds. The van der Waals surface area contributed by atoms with Crippen LogP contribution >= 0.6 is 0 Å². The number of rotatable bonds is 4. The van der Waals surface area contributed by atoms with Crippen molar-refractivity contribution in [3.8, 4) is 12.1 Å². The van der Waals surface area contributed by atoms with Crippen molar-refractivity contribution >= 4 is 0 Å². The molecule has 110 valence electrons. The van der Waals surface area contributed by atoms with Crippen molar-refractivity contribution in [2.24, 2.45) is 0 Å². The molecule has 0 aromatic rings. The molecule has 0 saturated heterocycles. The van der Waals surface area contributed by atoms with Crippen molar-refractivity contribution in [1.82, 2.24) is 0 Å². The van der Waals surface area contributed by atoms with Crippen molar-refractivity contribution in [1.29, 1.82) is 10.5 Å². The molecule has 2 nitrogen and oxygen atoms in total. The van der Waals surface area contributed by atoms with E-state index in [0.29, 0.717) is 18.0 Å². The van der Waals surface area contributed by atoms with Gasteiger partial charge in [-0.05, 0) is 11.6 Å². The van der Waals surface area contributed by atoms with Gasteiger partial charge in [-0.25, -0.2) is 4.39 Å². The molecule has 0 rings (SSSR count). The summed E-state index contributed by atoms with van der Waals surface area (Å²) in [5.41, 5.74) is 1.01. The Hall–Kier alpha value is -2.86. The molecular weight excluding hydrogens is 284 g/mol. The van der Waals surface area contributed by atoms with E-state index in [0.717, 1.165) is 0 Å². The minimum absolute atomic E-state index is 0.118. The zero-order valence-electron chi connectivity index (χ0n) is 11.0. The Morgan fingerprint density at radius 3 is 1.95 bits per heavy atom. The number of hydrogen-bond acceptors (Lipinski definition) is 2. The molecular formula is C15H12F4N2. The van der Waals surface area contributed by atoms with Gasteiger partial charge in [0.1, 0.15) is 0 Å². The van der Waals surface area contributed by atoms with Crippen LogP contribution in [0.3, 0.4) is 0 Å². The third kappa shape index (κ3) is 13.4. The smallest absolute Gasteiger partial charge is 0.215 e. The summed E-state index contributed by atoms with van der Waals surface area (Å²) < 4.78 is 45.2. The molecule has 0 aromatic heterocycles. The summed E-state index contributed by atoms with van der Waals surface area (Å²) in [6, 6.07) is 3.04. The van der Waals surface area contributed by atoms with Crippen LogP contribution in [-0.4, -0.2) is 6.18 Å². The highest BCUT2D eigenvalue weighted by atomic mass is 19.4. The van der Waals surface area contributed by atoms with Crippen LogP contribution in [-0.2, 0) is 0 Å². The molecule has 0 saturated carbocycles. The lowest BCUT2D eigenvalue weighted by molar-refractivity contribution is -0.0797. The molecule has 0 fully saturated rings. The van der Waals surface area contributed by atoms with Gasteiger partial charge in [0.05, 0.1) is 18.5 Å². The molecule has 21 heavy (non-hydrogen) atoms.